The first-order valence-electron chi connectivity index (χ1n) is 6.72. The molecule has 2 heterocycles. The standard InChI is InChI=1S/C13H21ClN4O/c1-9(2)18-13(19)12(14)11(8-16-18)15-7-10-5-4-6-17(10)3/h8-10,15H,4-7H2,1-3H3. The van der Waals surface area contributed by atoms with Crippen molar-refractivity contribution in [2.75, 3.05) is 25.5 Å². The second kappa shape index (κ2) is 5.92. The van der Waals surface area contributed by atoms with Gasteiger partial charge in [0.05, 0.1) is 17.9 Å². The van der Waals surface area contributed by atoms with E-state index >= 15 is 0 Å². The number of likely N-dealkylation sites (N-methyl/N-ethyl adjacent to an activating group) is 1. The van der Waals surface area contributed by atoms with Crippen molar-refractivity contribution in [2.45, 2.75) is 38.8 Å². The fourth-order valence-electron chi connectivity index (χ4n) is 2.40. The minimum Gasteiger partial charge on any atom is -0.381 e. The molecule has 0 amide bonds. The van der Waals surface area contributed by atoms with E-state index < -0.39 is 0 Å². The molecule has 0 spiro atoms. The summed E-state index contributed by atoms with van der Waals surface area (Å²) in [5, 5.41) is 7.62. The summed E-state index contributed by atoms with van der Waals surface area (Å²) in [6.45, 7) is 5.74. The third-order valence-corrected chi connectivity index (χ3v) is 4.00. The van der Waals surface area contributed by atoms with Crippen molar-refractivity contribution in [3.05, 3.63) is 21.6 Å². The molecule has 1 aliphatic heterocycles. The summed E-state index contributed by atoms with van der Waals surface area (Å²) in [6.07, 6.45) is 4.04. The second-order valence-corrected chi connectivity index (χ2v) is 5.75. The Balaban J connectivity index is 2.09. The lowest BCUT2D eigenvalue weighted by Gasteiger charge is -2.20. The minimum atomic E-state index is -0.235. The topological polar surface area (TPSA) is 50.2 Å². The van der Waals surface area contributed by atoms with E-state index in [9.17, 15) is 4.79 Å². The van der Waals surface area contributed by atoms with Gasteiger partial charge in [-0.05, 0) is 40.3 Å². The Morgan fingerprint density at radius 1 is 1.58 bits per heavy atom. The Bertz CT molecular complexity index is 500. The molecule has 1 saturated heterocycles. The number of hydrogen-bond donors (Lipinski definition) is 1. The van der Waals surface area contributed by atoms with Gasteiger partial charge in [-0.25, -0.2) is 4.68 Å². The number of nitrogens with one attached hydrogen (secondary N) is 1. The molecule has 0 saturated carbocycles. The highest BCUT2D eigenvalue weighted by molar-refractivity contribution is 6.32. The van der Waals surface area contributed by atoms with Crippen LogP contribution >= 0.6 is 11.6 Å². The van der Waals surface area contributed by atoms with Gasteiger partial charge in [-0.2, -0.15) is 5.10 Å². The van der Waals surface area contributed by atoms with Gasteiger partial charge < -0.3 is 10.2 Å². The molecular formula is C13H21ClN4O. The van der Waals surface area contributed by atoms with Crippen molar-refractivity contribution < 1.29 is 0 Å². The van der Waals surface area contributed by atoms with Gasteiger partial charge in [0.1, 0.15) is 5.02 Å². The monoisotopic (exact) mass is 284 g/mol. The van der Waals surface area contributed by atoms with Crippen LogP contribution in [0.25, 0.3) is 0 Å². The van der Waals surface area contributed by atoms with E-state index in [1.54, 1.807) is 6.20 Å². The van der Waals surface area contributed by atoms with Crippen LogP contribution in [0.1, 0.15) is 32.7 Å². The van der Waals surface area contributed by atoms with Crippen molar-refractivity contribution >= 4 is 17.3 Å². The van der Waals surface area contributed by atoms with Gasteiger partial charge in [0.2, 0.25) is 0 Å². The van der Waals surface area contributed by atoms with E-state index in [4.69, 9.17) is 11.6 Å². The van der Waals surface area contributed by atoms with Gasteiger partial charge in [-0.3, -0.25) is 4.79 Å². The molecule has 1 N–H and O–H groups in total. The maximum absolute atomic E-state index is 12.0. The van der Waals surface area contributed by atoms with Crippen molar-refractivity contribution in [1.29, 1.82) is 0 Å². The van der Waals surface area contributed by atoms with Crippen LogP contribution in [0.15, 0.2) is 11.0 Å². The molecule has 1 aromatic rings. The lowest BCUT2D eigenvalue weighted by molar-refractivity contribution is 0.322. The molecule has 0 aliphatic carbocycles. The molecule has 5 nitrogen and oxygen atoms in total. The first-order chi connectivity index (χ1) is 9.00. The number of rotatable bonds is 4. The number of nitrogens with zero attached hydrogens (tertiary/aromatic N) is 3. The van der Waals surface area contributed by atoms with Crippen LogP contribution < -0.4 is 10.9 Å². The first kappa shape index (κ1) is 14.3. The summed E-state index contributed by atoms with van der Waals surface area (Å²) in [4.78, 5) is 14.3. The quantitative estimate of drug-likeness (QED) is 0.919. The highest BCUT2D eigenvalue weighted by Gasteiger charge is 2.21. The molecule has 1 unspecified atom stereocenters. The Labute approximate surface area is 118 Å². The molecule has 0 bridgehead atoms. The van der Waals surface area contributed by atoms with Gasteiger partial charge in [0.25, 0.3) is 5.56 Å². The third-order valence-electron chi connectivity index (χ3n) is 3.63. The lowest BCUT2D eigenvalue weighted by Crippen LogP contribution is -2.32. The first-order valence-corrected chi connectivity index (χ1v) is 7.10. The molecule has 1 aliphatic rings. The van der Waals surface area contributed by atoms with Crippen LogP contribution in [0.5, 0.6) is 0 Å². The van der Waals surface area contributed by atoms with Crippen LogP contribution in [0.2, 0.25) is 5.02 Å². The second-order valence-electron chi connectivity index (χ2n) is 5.37. The third kappa shape index (κ3) is 3.09. The molecule has 1 fully saturated rings. The smallest absolute Gasteiger partial charge is 0.287 e. The fourth-order valence-corrected chi connectivity index (χ4v) is 2.60. The summed E-state index contributed by atoms with van der Waals surface area (Å²) >= 11 is 6.11. The largest absolute Gasteiger partial charge is 0.381 e. The summed E-state index contributed by atoms with van der Waals surface area (Å²) in [7, 11) is 2.12. The van der Waals surface area contributed by atoms with Crippen LogP contribution in [0.4, 0.5) is 5.69 Å². The van der Waals surface area contributed by atoms with Gasteiger partial charge in [0.15, 0.2) is 0 Å². The molecule has 19 heavy (non-hydrogen) atoms. The van der Waals surface area contributed by atoms with Gasteiger partial charge >= 0.3 is 0 Å². The van der Waals surface area contributed by atoms with Crippen LogP contribution in [0.3, 0.4) is 0 Å². The van der Waals surface area contributed by atoms with Crippen LogP contribution in [-0.4, -0.2) is 40.9 Å². The molecular weight excluding hydrogens is 264 g/mol. The average Bonchev–Trinajstić information content (AvgIpc) is 2.76. The summed E-state index contributed by atoms with van der Waals surface area (Å²) in [5.41, 5.74) is 0.394. The van der Waals surface area contributed by atoms with E-state index in [2.05, 4.69) is 22.4 Å². The maximum Gasteiger partial charge on any atom is 0.287 e. The lowest BCUT2D eigenvalue weighted by atomic mass is 10.2. The summed E-state index contributed by atoms with van der Waals surface area (Å²) in [5.74, 6) is 0. The Kier molecular flexibility index (Phi) is 4.47. The molecule has 0 radical (unpaired) electrons. The predicted molar refractivity (Wildman–Crippen MR) is 78.0 cm³/mol. The van der Waals surface area contributed by atoms with E-state index in [0.29, 0.717) is 11.7 Å². The molecule has 0 aromatic carbocycles. The summed E-state index contributed by atoms with van der Waals surface area (Å²) < 4.78 is 1.40. The van der Waals surface area contributed by atoms with E-state index in [0.717, 1.165) is 13.1 Å². The fraction of sp³-hybridized carbons (Fsp3) is 0.692. The molecule has 1 atom stereocenters. The highest BCUT2D eigenvalue weighted by atomic mass is 35.5. The number of likely N-dealkylation sites (tertiary alicyclic amines) is 1. The Hall–Kier alpha value is -1.07. The molecule has 6 heteroatoms. The Morgan fingerprint density at radius 2 is 2.32 bits per heavy atom. The van der Waals surface area contributed by atoms with Crippen LogP contribution in [0, 0.1) is 0 Å². The zero-order valence-electron chi connectivity index (χ0n) is 11.7. The van der Waals surface area contributed by atoms with E-state index in [-0.39, 0.29) is 16.6 Å². The van der Waals surface area contributed by atoms with Gasteiger partial charge in [0, 0.05) is 12.6 Å². The van der Waals surface area contributed by atoms with Crippen molar-refractivity contribution in [1.82, 2.24) is 14.7 Å². The normalized spacial score (nSPS) is 20.2. The Morgan fingerprint density at radius 3 is 2.89 bits per heavy atom. The highest BCUT2D eigenvalue weighted by Crippen LogP contribution is 2.19. The zero-order chi connectivity index (χ0) is 14.0. The van der Waals surface area contributed by atoms with Gasteiger partial charge in [-0.15, -0.1) is 0 Å². The van der Waals surface area contributed by atoms with Crippen molar-refractivity contribution in [3.63, 3.8) is 0 Å². The number of aromatic nitrogens is 2. The summed E-state index contributed by atoms with van der Waals surface area (Å²) in [6, 6.07) is 0.517. The predicted octanol–water partition coefficient (Wildman–Crippen LogP) is 1.98. The van der Waals surface area contributed by atoms with Crippen LogP contribution in [-0.2, 0) is 0 Å². The van der Waals surface area contributed by atoms with E-state index in [1.807, 2.05) is 13.8 Å². The number of hydrogen-bond acceptors (Lipinski definition) is 4. The maximum atomic E-state index is 12.0. The average molecular weight is 285 g/mol. The zero-order valence-corrected chi connectivity index (χ0v) is 12.4. The SMILES string of the molecule is CC(C)n1ncc(NCC2CCCN2C)c(Cl)c1=O. The van der Waals surface area contributed by atoms with Crippen molar-refractivity contribution in [3.8, 4) is 0 Å². The minimum absolute atomic E-state index is 0.0139. The molecule has 1 aromatic heterocycles. The van der Waals surface area contributed by atoms with Gasteiger partial charge in [-0.1, -0.05) is 11.6 Å². The van der Waals surface area contributed by atoms with Crippen molar-refractivity contribution in [2.24, 2.45) is 0 Å². The number of halogens is 1. The number of anilines is 1. The molecule has 2 rings (SSSR count). The molecule has 106 valence electrons. The van der Waals surface area contributed by atoms with E-state index in [1.165, 1.54) is 17.5 Å².